The number of hydrogen-bond acceptors (Lipinski definition) is 4. The first kappa shape index (κ1) is 24.1. The minimum Gasteiger partial charge on any atom is -0.324 e. The molecule has 184 valence electrons. The Hall–Kier alpha value is -4.56. The Labute approximate surface area is 217 Å². The molecule has 2 heterocycles. The van der Waals surface area contributed by atoms with Crippen LogP contribution in [0.3, 0.4) is 0 Å². The summed E-state index contributed by atoms with van der Waals surface area (Å²) in [5.41, 5.74) is 3.08. The van der Waals surface area contributed by atoms with Crippen molar-refractivity contribution in [1.82, 2.24) is 14.5 Å². The number of amides is 2. The second-order valence-electron chi connectivity index (χ2n) is 8.33. The average molecular weight is 511 g/mol. The molecule has 5 aromatic rings. The summed E-state index contributed by atoms with van der Waals surface area (Å²) in [5, 5.41) is 4.69. The molecule has 3 aromatic carbocycles. The topological polar surface area (TPSA) is 67.2 Å². The molecule has 0 radical (unpaired) electrons. The number of aromatic nitrogens is 2. The largest absolute Gasteiger partial charge is 0.324 e. The van der Waals surface area contributed by atoms with Crippen molar-refractivity contribution < 1.29 is 14.0 Å². The smallest absolute Gasteiger partial charge is 0.264 e. The predicted molar refractivity (Wildman–Crippen MR) is 143 cm³/mol. The first-order chi connectivity index (χ1) is 18.1. The maximum absolute atomic E-state index is 13.6. The molecule has 37 heavy (non-hydrogen) atoms. The zero-order valence-electron chi connectivity index (χ0n) is 19.8. The minimum atomic E-state index is -0.394. The number of thiophene rings is 1. The number of carbonyl (C=O) groups excluding carboxylic acids is 2. The van der Waals surface area contributed by atoms with E-state index in [9.17, 15) is 14.0 Å². The molecule has 6 nitrogen and oxygen atoms in total. The van der Waals surface area contributed by atoms with Crippen molar-refractivity contribution in [3.05, 3.63) is 125 Å². The fourth-order valence-corrected chi connectivity index (χ4v) is 4.60. The van der Waals surface area contributed by atoms with Crippen LogP contribution >= 0.6 is 11.3 Å². The number of imidazole rings is 1. The van der Waals surface area contributed by atoms with Gasteiger partial charge in [0.15, 0.2) is 0 Å². The molecule has 2 aromatic heterocycles. The van der Waals surface area contributed by atoms with Crippen LogP contribution in [-0.4, -0.2) is 32.8 Å². The number of carbonyl (C=O) groups is 2. The molecule has 1 N–H and O–H groups in total. The van der Waals surface area contributed by atoms with Gasteiger partial charge in [0, 0.05) is 24.0 Å². The standard InChI is InChI=1S/C29H23FN4O2S/c30-23-13-15-24(16-14-23)34-19-25(22-10-5-2-6-11-22)31-29(34)32-27(35)20-33(18-21-8-3-1-4-9-21)28(36)26-12-7-17-37-26/h1-17,19H,18,20H2,(H,31,32,35). The van der Waals surface area contributed by atoms with Gasteiger partial charge in [-0.3, -0.25) is 19.5 Å². The molecule has 0 aliphatic carbocycles. The maximum atomic E-state index is 13.6. The number of rotatable bonds is 8. The van der Waals surface area contributed by atoms with E-state index in [0.29, 0.717) is 16.3 Å². The van der Waals surface area contributed by atoms with E-state index in [-0.39, 0.29) is 30.8 Å². The summed E-state index contributed by atoms with van der Waals surface area (Å²) in [4.78, 5) is 33.2. The Morgan fingerprint density at radius 1 is 0.892 bits per heavy atom. The summed E-state index contributed by atoms with van der Waals surface area (Å²) in [7, 11) is 0. The fourth-order valence-electron chi connectivity index (χ4n) is 3.91. The third kappa shape index (κ3) is 5.82. The van der Waals surface area contributed by atoms with E-state index >= 15 is 0 Å². The van der Waals surface area contributed by atoms with Crippen molar-refractivity contribution in [3.8, 4) is 16.9 Å². The lowest BCUT2D eigenvalue weighted by molar-refractivity contribution is -0.117. The van der Waals surface area contributed by atoms with Crippen molar-refractivity contribution >= 4 is 29.1 Å². The van der Waals surface area contributed by atoms with Gasteiger partial charge in [0.05, 0.1) is 10.6 Å². The van der Waals surface area contributed by atoms with Gasteiger partial charge in [-0.2, -0.15) is 0 Å². The third-order valence-electron chi connectivity index (χ3n) is 5.70. The first-order valence-corrected chi connectivity index (χ1v) is 12.5. The van der Waals surface area contributed by atoms with Crippen molar-refractivity contribution in [1.29, 1.82) is 0 Å². The molecule has 0 saturated heterocycles. The van der Waals surface area contributed by atoms with Crippen molar-refractivity contribution in [2.45, 2.75) is 6.54 Å². The Morgan fingerprint density at radius 2 is 1.59 bits per heavy atom. The second-order valence-corrected chi connectivity index (χ2v) is 9.28. The minimum absolute atomic E-state index is 0.164. The zero-order valence-corrected chi connectivity index (χ0v) is 20.6. The molecule has 0 unspecified atom stereocenters. The monoisotopic (exact) mass is 510 g/mol. The summed E-state index contributed by atoms with van der Waals surface area (Å²) in [6, 6.07) is 28.6. The molecular formula is C29H23FN4O2S. The molecular weight excluding hydrogens is 487 g/mol. The molecule has 0 fully saturated rings. The van der Waals surface area contributed by atoms with E-state index < -0.39 is 5.91 Å². The van der Waals surface area contributed by atoms with Gasteiger partial charge in [-0.25, -0.2) is 9.37 Å². The van der Waals surface area contributed by atoms with E-state index in [0.717, 1.165) is 11.1 Å². The Morgan fingerprint density at radius 3 is 2.27 bits per heavy atom. The van der Waals surface area contributed by atoms with Gasteiger partial charge in [0.2, 0.25) is 11.9 Å². The Balaban J connectivity index is 1.42. The number of halogens is 1. The van der Waals surface area contributed by atoms with Crippen LogP contribution in [0, 0.1) is 5.82 Å². The van der Waals surface area contributed by atoms with Crippen LogP contribution in [0.25, 0.3) is 16.9 Å². The average Bonchev–Trinajstić information content (AvgIpc) is 3.60. The lowest BCUT2D eigenvalue weighted by Gasteiger charge is -2.22. The molecule has 0 aliphatic heterocycles. The molecule has 5 rings (SSSR count). The first-order valence-electron chi connectivity index (χ1n) is 11.6. The van der Waals surface area contributed by atoms with Crippen LogP contribution in [0.4, 0.5) is 10.3 Å². The van der Waals surface area contributed by atoms with Crippen LogP contribution in [-0.2, 0) is 11.3 Å². The maximum Gasteiger partial charge on any atom is 0.264 e. The van der Waals surface area contributed by atoms with Gasteiger partial charge in [-0.15, -0.1) is 11.3 Å². The highest BCUT2D eigenvalue weighted by atomic mass is 32.1. The van der Waals surface area contributed by atoms with Crippen LogP contribution in [0.15, 0.2) is 109 Å². The van der Waals surface area contributed by atoms with Crippen LogP contribution < -0.4 is 5.32 Å². The van der Waals surface area contributed by atoms with Gasteiger partial charge < -0.3 is 4.90 Å². The normalized spacial score (nSPS) is 10.7. The van der Waals surface area contributed by atoms with E-state index in [1.807, 2.05) is 72.1 Å². The lowest BCUT2D eigenvalue weighted by Crippen LogP contribution is -2.37. The van der Waals surface area contributed by atoms with E-state index in [2.05, 4.69) is 10.3 Å². The summed E-state index contributed by atoms with van der Waals surface area (Å²) >= 11 is 1.33. The second kappa shape index (κ2) is 11.0. The molecule has 0 atom stereocenters. The Bertz CT molecular complexity index is 1480. The van der Waals surface area contributed by atoms with Crippen LogP contribution in [0.2, 0.25) is 0 Å². The van der Waals surface area contributed by atoms with Gasteiger partial charge >= 0.3 is 0 Å². The van der Waals surface area contributed by atoms with Crippen molar-refractivity contribution in [2.24, 2.45) is 0 Å². The highest BCUT2D eigenvalue weighted by Crippen LogP contribution is 2.24. The summed E-state index contributed by atoms with van der Waals surface area (Å²) in [6.45, 7) is 0.120. The van der Waals surface area contributed by atoms with Crippen LogP contribution in [0.5, 0.6) is 0 Å². The van der Waals surface area contributed by atoms with E-state index in [4.69, 9.17) is 0 Å². The highest BCUT2D eigenvalue weighted by Gasteiger charge is 2.22. The SMILES string of the molecule is O=C(CN(Cc1ccccc1)C(=O)c1cccs1)Nc1nc(-c2ccccc2)cn1-c1ccc(F)cc1. The number of anilines is 1. The molecule has 2 amide bonds. The third-order valence-corrected chi connectivity index (χ3v) is 6.56. The number of benzene rings is 3. The summed E-state index contributed by atoms with van der Waals surface area (Å²) in [5.74, 6) is -0.699. The Kier molecular flexibility index (Phi) is 7.19. The van der Waals surface area contributed by atoms with Crippen molar-refractivity contribution in [3.63, 3.8) is 0 Å². The summed E-state index contributed by atoms with van der Waals surface area (Å²) in [6.07, 6.45) is 1.79. The molecule has 8 heteroatoms. The van der Waals surface area contributed by atoms with Gasteiger partial charge in [-0.05, 0) is 41.3 Å². The van der Waals surface area contributed by atoms with Crippen molar-refractivity contribution in [2.75, 3.05) is 11.9 Å². The number of hydrogen-bond donors (Lipinski definition) is 1. The van der Waals surface area contributed by atoms with Gasteiger partial charge in [0.25, 0.3) is 5.91 Å². The fraction of sp³-hybridized carbons (Fsp3) is 0.0690. The summed E-state index contributed by atoms with van der Waals surface area (Å²) < 4.78 is 15.3. The molecule has 0 aliphatic rings. The number of nitrogens with zero attached hydrogens (tertiary/aromatic N) is 3. The molecule has 0 bridgehead atoms. The quantitative estimate of drug-likeness (QED) is 0.278. The molecule has 0 spiro atoms. The highest BCUT2D eigenvalue weighted by molar-refractivity contribution is 7.12. The lowest BCUT2D eigenvalue weighted by atomic mass is 10.2. The van der Waals surface area contributed by atoms with Crippen LogP contribution in [0.1, 0.15) is 15.2 Å². The predicted octanol–water partition coefficient (Wildman–Crippen LogP) is 6.02. The zero-order chi connectivity index (χ0) is 25.6. The van der Waals surface area contributed by atoms with Gasteiger partial charge in [-0.1, -0.05) is 66.7 Å². The molecule has 0 saturated carbocycles. The van der Waals surface area contributed by atoms with E-state index in [1.165, 1.54) is 28.4 Å². The van der Waals surface area contributed by atoms with E-state index in [1.54, 1.807) is 29.0 Å². The van der Waals surface area contributed by atoms with Gasteiger partial charge in [0.1, 0.15) is 12.4 Å². The number of nitrogens with one attached hydrogen (secondary N) is 1.